The first-order chi connectivity index (χ1) is 18.2. The van der Waals surface area contributed by atoms with Crippen LogP contribution in [0.25, 0.3) is 10.6 Å². The second kappa shape index (κ2) is 9.31. The average molecular weight is 595 g/mol. The fourth-order valence-corrected chi connectivity index (χ4v) is 9.62. The van der Waals surface area contributed by atoms with E-state index < -0.39 is 40.6 Å². The number of benzene rings is 1. The van der Waals surface area contributed by atoms with E-state index in [4.69, 9.17) is 0 Å². The van der Waals surface area contributed by atoms with Gasteiger partial charge in [-0.25, -0.2) is 4.98 Å². The highest BCUT2D eigenvalue weighted by Crippen LogP contribution is 2.51. The van der Waals surface area contributed by atoms with Crippen LogP contribution in [0.5, 0.6) is 0 Å². The molecule has 0 unspecified atom stereocenters. The van der Waals surface area contributed by atoms with Gasteiger partial charge in [-0.1, -0.05) is 23.5 Å². The smallest absolute Gasteiger partial charge is 0.362 e. The second-order valence-corrected chi connectivity index (χ2v) is 13.9. The zero-order valence-electron chi connectivity index (χ0n) is 20.9. The molecule has 0 radical (unpaired) electrons. The number of nitrogens with zero attached hydrogens (tertiary/aromatic N) is 3. The Morgan fingerprint density at radius 3 is 2.31 bits per heavy atom. The molecule has 1 N–H and O–H groups in total. The number of hydrogen-bond donors (Lipinski definition) is 1. The minimum absolute atomic E-state index is 0.0596. The Bertz CT molecular complexity index is 1350. The maximum Gasteiger partial charge on any atom is 0.402 e. The van der Waals surface area contributed by atoms with Gasteiger partial charge in [-0.3, -0.25) is 0 Å². The number of piperidine rings is 1. The molecule has 1 saturated carbocycles. The number of hydrogen-bond acceptors (Lipinski definition) is 5. The van der Waals surface area contributed by atoms with Gasteiger partial charge < -0.3 is 4.90 Å². The normalized spacial score (nSPS) is 29.6. The summed E-state index contributed by atoms with van der Waals surface area (Å²) in [7, 11) is -4.24. The minimum atomic E-state index is -4.62. The summed E-state index contributed by atoms with van der Waals surface area (Å²) < 4.78 is 107. The number of rotatable bonds is 3. The zero-order chi connectivity index (χ0) is 27.8. The largest absolute Gasteiger partial charge is 0.402 e. The van der Waals surface area contributed by atoms with E-state index in [1.807, 2.05) is 23.1 Å². The molecular formula is C25H28F6N4O2S2. The van der Waals surface area contributed by atoms with Crippen LogP contribution in [-0.4, -0.2) is 61.8 Å². The third-order valence-electron chi connectivity index (χ3n) is 8.92. The summed E-state index contributed by atoms with van der Waals surface area (Å²) in [4.78, 5) is 6.47. The molecule has 3 heterocycles. The lowest BCUT2D eigenvalue weighted by Crippen LogP contribution is -2.52. The van der Waals surface area contributed by atoms with E-state index in [9.17, 15) is 34.8 Å². The number of aromatic nitrogens is 1. The molecule has 1 spiro atoms. The van der Waals surface area contributed by atoms with Crippen molar-refractivity contribution in [3.63, 3.8) is 0 Å². The first kappa shape index (κ1) is 27.3. The monoisotopic (exact) mass is 594 g/mol. The minimum Gasteiger partial charge on any atom is -0.362 e. The van der Waals surface area contributed by atoms with Crippen LogP contribution in [0.2, 0.25) is 0 Å². The summed E-state index contributed by atoms with van der Waals surface area (Å²) in [6.07, 6.45) is -4.38. The average Bonchev–Trinajstić information content (AvgIpc) is 3.48. The molecule has 1 aromatic carbocycles. The van der Waals surface area contributed by atoms with Crippen molar-refractivity contribution < 1.29 is 34.8 Å². The third kappa shape index (κ3) is 5.06. The van der Waals surface area contributed by atoms with Gasteiger partial charge in [0.15, 0.2) is 0 Å². The fraction of sp³-hybridized carbons (Fsp3) is 0.640. The standard InChI is InChI=1S/C25H28F6N4O2S2/c26-24(27,28)14-35-13-23(33-39(35,36)37)19-3-4-20(23)11-17-9-16(2-1-15(17)10-19)22-32-12-21(38-22)34-7-5-18(6-8-34)25(29,30)31/h1-2,9,12,18-20,33H,3-8,10-11,13-14H2/t19-,20+,23+/m0/s1. The van der Waals surface area contributed by atoms with Gasteiger partial charge in [0.05, 0.1) is 17.7 Å². The van der Waals surface area contributed by atoms with E-state index in [1.54, 1.807) is 6.20 Å². The van der Waals surface area contributed by atoms with Crippen molar-refractivity contribution in [1.29, 1.82) is 0 Å². The first-order valence-corrected chi connectivity index (χ1v) is 15.2. The van der Waals surface area contributed by atoms with Crippen LogP contribution < -0.4 is 9.62 Å². The molecule has 3 fully saturated rings. The SMILES string of the molecule is O=S1(=O)N[C@@]2(CN1CC(F)(F)F)[C@@H]1CC[C@H]2Cc2ccc(-c3ncc(N4CCC(C(F)(F)F)CC4)s3)cc2C1. The van der Waals surface area contributed by atoms with Crippen LogP contribution in [0.4, 0.5) is 31.3 Å². The molecule has 1 aromatic heterocycles. The molecule has 2 aliphatic heterocycles. The quantitative estimate of drug-likeness (QED) is 0.499. The zero-order valence-corrected chi connectivity index (χ0v) is 22.5. The van der Waals surface area contributed by atoms with Gasteiger partial charge in [-0.2, -0.15) is 43.8 Å². The van der Waals surface area contributed by atoms with E-state index >= 15 is 0 Å². The van der Waals surface area contributed by atoms with Gasteiger partial charge in [0.2, 0.25) is 0 Å². The summed E-state index contributed by atoms with van der Waals surface area (Å²) in [6, 6.07) is 5.96. The van der Waals surface area contributed by atoms with E-state index in [2.05, 4.69) is 9.71 Å². The molecule has 214 valence electrons. The van der Waals surface area contributed by atoms with Gasteiger partial charge in [0, 0.05) is 25.2 Å². The highest BCUT2D eigenvalue weighted by atomic mass is 32.2. The molecule has 3 atom stereocenters. The van der Waals surface area contributed by atoms with Crippen LogP contribution in [0.15, 0.2) is 24.4 Å². The predicted octanol–water partition coefficient (Wildman–Crippen LogP) is 5.16. The van der Waals surface area contributed by atoms with Crippen LogP contribution in [0.3, 0.4) is 0 Å². The Labute approximate surface area is 226 Å². The lowest BCUT2D eigenvalue weighted by molar-refractivity contribution is -0.179. The molecule has 2 aromatic rings. The summed E-state index contributed by atoms with van der Waals surface area (Å²) in [5, 5.41) is 1.57. The predicted molar refractivity (Wildman–Crippen MR) is 135 cm³/mol. The highest BCUT2D eigenvalue weighted by Gasteiger charge is 2.60. The van der Waals surface area contributed by atoms with Crippen LogP contribution in [0.1, 0.15) is 36.8 Å². The molecule has 0 amide bonds. The summed E-state index contributed by atoms with van der Waals surface area (Å²) in [6.45, 7) is -1.04. The maximum absolute atomic E-state index is 13.1. The van der Waals surface area contributed by atoms with Gasteiger partial charge in [-0.05, 0) is 67.6 Å². The third-order valence-corrected chi connectivity index (χ3v) is 11.6. The number of halogens is 6. The van der Waals surface area contributed by atoms with Crippen molar-refractivity contribution in [2.45, 2.75) is 56.4 Å². The highest BCUT2D eigenvalue weighted by molar-refractivity contribution is 7.87. The van der Waals surface area contributed by atoms with Crippen molar-refractivity contribution in [3.8, 4) is 10.6 Å². The van der Waals surface area contributed by atoms with Crippen molar-refractivity contribution in [1.82, 2.24) is 14.0 Å². The van der Waals surface area contributed by atoms with E-state index in [0.29, 0.717) is 30.2 Å². The number of fused-ring (bicyclic) bond motifs is 1. The summed E-state index contributed by atoms with van der Waals surface area (Å²) >= 11 is 1.43. The van der Waals surface area contributed by atoms with Crippen molar-refractivity contribution in [3.05, 3.63) is 35.5 Å². The molecule has 6 nitrogen and oxygen atoms in total. The Balaban J connectivity index is 1.21. The Hall–Kier alpha value is -1.90. The van der Waals surface area contributed by atoms with Gasteiger partial charge in [0.25, 0.3) is 10.2 Å². The number of thiazole rings is 1. The maximum atomic E-state index is 13.1. The van der Waals surface area contributed by atoms with Crippen molar-refractivity contribution in [2.24, 2.45) is 17.8 Å². The number of anilines is 1. The molecule has 2 saturated heterocycles. The summed E-state index contributed by atoms with van der Waals surface area (Å²) in [5.74, 6) is -1.50. The van der Waals surface area contributed by atoms with E-state index in [1.165, 1.54) is 11.3 Å². The fourth-order valence-electron chi connectivity index (χ4n) is 6.95. The Morgan fingerprint density at radius 2 is 1.67 bits per heavy atom. The molecule has 14 heteroatoms. The second-order valence-electron chi connectivity index (χ2n) is 11.2. The van der Waals surface area contributed by atoms with E-state index in [-0.39, 0.29) is 31.2 Å². The number of nitrogens with one attached hydrogen (secondary N) is 1. The molecule has 4 aliphatic rings. The van der Waals surface area contributed by atoms with E-state index in [0.717, 1.165) is 39.5 Å². The van der Waals surface area contributed by atoms with Gasteiger partial charge >= 0.3 is 12.4 Å². The van der Waals surface area contributed by atoms with Gasteiger partial charge in [0.1, 0.15) is 16.6 Å². The molecule has 2 aliphatic carbocycles. The van der Waals surface area contributed by atoms with Crippen LogP contribution in [0, 0.1) is 17.8 Å². The molecule has 39 heavy (non-hydrogen) atoms. The first-order valence-electron chi connectivity index (χ1n) is 13.0. The lowest BCUT2D eigenvalue weighted by atomic mass is 9.79. The number of alkyl halides is 6. The van der Waals surface area contributed by atoms with Crippen LogP contribution in [-0.2, 0) is 23.1 Å². The van der Waals surface area contributed by atoms with Crippen LogP contribution >= 0.6 is 11.3 Å². The molecule has 2 bridgehead atoms. The summed E-state index contributed by atoms with van der Waals surface area (Å²) in [5.41, 5.74) is 2.04. The Kier molecular flexibility index (Phi) is 6.52. The molecular weight excluding hydrogens is 566 g/mol. The topological polar surface area (TPSA) is 65.5 Å². The van der Waals surface area contributed by atoms with Crippen molar-refractivity contribution >= 4 is 26.5 Å². The lowest BCUT2D eigenvalue weighted by Gasteiger charge is -2.33. The van der Waals surface area contributed by atoms with Gasteiger partial charge in [-0.15, -0.1) is 0 Å². The molecule has 6 rings (SSSR count). The van der Waals surface area contributed by atoms with Crippen molar-refractivity contribution in [2.75, 3.05) is 31.1 Å². The Morgan fingerprint density at radius 1 is 1.00 bits per heavy atom.